The molecule has 0 aliphatic carbocycles. The Bertz CT molecular complexity index is 546. The maximum Gasteiger partial charge on any atom is 0.239 e. The molecule has 1 unspecified atom stereocenters. The highest BCUT2D eigenvalue weighted by molar-refractivity contribution is 5.82. The summed E-state index contributed by atoms with van der Waals surface area (Å²) < 4.78 is 0. The zero-order chi connectivity index (χ0) is 20.1. The van der Waals surface area contributed by atoms with E-state index in [1.165, 1.54) is 0 Å². The van der Waals surface area contributed by atoms with E-state index in [-0.39, 0.29) is 11.9 Å². The molecule has 4 heteroatoms. The van der Waals surface area contributed by atoms with Gasteiger partial charge in [-0.3, -0.25) is 9.69 Å². The summed E-state index contributed by atoms with van der Waals surface area (Å²) in [4.78, 5) is 27.6. The van der Waals surface area contributed by atoms with Gasteiger partial charge in [0.2, 0.25) is 5.91 Å². The van der Waals surface area contributed by atoms with E-state index in [0.717, 1.165) is 42.4 Å². The highest BCUT2D eigenvalue weighted by Crippen LogP contribution is 2.18. The number of likely N-dealkylation sites (N-methyl/N-ethyl adjacent to an activating group) is 2. The van der Waals surface area contributed by atoms with Gasteiger partial charge in [0.25, 0.3) is 0 Å². The van der Waals surface area contributed by atoms with Gasteiger partial charge in [-0.05, 0) is 44.9 Å². The van der Waals surface area contributed by atoms with Crippen LogP contribution in [0.1, 0.15) is 46.5 Å². The van der Waals surface area contributed by atoms with E-state index < -0.39 is 0 Å². The van der Waals surface area contributed by atoms with Crippen molar-refractivity contribution in [2.45, 2.75) is 52.5 Å². The summed E-state index contributed by atoms with van der Waals surface area (Å²) in [5, 5.41) is 0. The van der Waals surface area contributed by atoms with Crippen LogP contribution in [0, 0.1) is 0 Å². The fourth-order valence-corrected chi connectivity index (χ4v) is 2.79. The van der Waals surface area contributed by atoms with Crippen LogP contribution in [0.15, 0.2) is 48.1 Å². The number of unbranched alkanes of at least 4 members (excludes halogenated alkanes) is 1. The molecule has 0 N–H and O–H groups in total. The van der Waals surface area contributed by atoms with Crippen molar-refractivity contribution in [1.82, 2.24) is 9.80 Å². The molecule has 0 radical (unpaired) electrons. The number of hydrogen-bond donors (Lipinski definition) is 0. The number of carbonyl (C=O) groups is 2. The third-order valence-corrected chi connectivity index (χ3v) is 4.36. The predicted molar refractivity (Wildman–Crippen MR) is 111 cm³/mol. The summed E-state index contributed by atoms with van der Waals surface area (Å²) >= 11 is 0. The molecular weight excluding hydrogens is 324 g/mol. The van der Waals surface area contributed by atoms with E-state index in [9.17, 15) is 9.59 Å². The van der Waals surface area contributed by atoms with Gasteiger partial charge in [0.15, 0.2) is 0 Å². The first kappa shape index (κ1) is 24.1. The Hall–Kier alpha value is -1.94. The molecule has 26 heavy (non-hydrogen) atoms. The second-order valence-corrected chi connectivity index (χ2v) is 6.75. The summed E-state index contributed by atoms with van der Waals surface area (Å²) in [6.07, 6.45) is 9.66. The fourth-order valence-electron chi connectivity index (χ4n) is 2.79. The largest absolute Gasteiger partial charge is 0.344 e. The average molecular weight is 361 g/mol. The van der Waals surface area contributed by atoms with Crippen LogP contribution in [0.25, 0.3) is 0 Å². The Kier molecular flexibility index (Phi) is 12.3. The van der Waals surface area contributed by atoms with Gasteiger partial charge in [-0.2, -0.15) is 0 Å². The first-order valence-corrected chi connectivity index (χ1v) is 9.36. The van der Waals surface area contributed by atoms with Gasteiger partial charge < -0.3 is 9.69 Å². The van der Waals surface area contributed by atoms with Gasteiger partial charge in [0, 0.05) is 26.6 Å². The summed E-state index contributed by atoms with van der Waals surface area (Å²) in [6.45, 7) is 15.2. The number of nitrogens with zero attached hydrogens (tertiary/aromatic N) is 2. The van der Waals surface area contributed by atoms with Crippen molar-refractivity contribution in [2.24, 2.45) is 0 Å². The zero-order valence-electron chi connectivity index (χ0n) is 17.3. The highest BCUT2D eigenvalue weighted by atomic mass is 16.2. The first-order valence-electron chi connectivity index (χ1n) is 9.36. The van der Waals surface area contributed by atoms with E-state index in [0.29, 0.717) is 19.4 Å². The normalized spacial score (nSPS) is 13.5. The van der Waals surface area contributed by atoms with E-state index >= 15 is 0 Å². The number of rotatable bonds is 13. The molecule has 4 nitrogen and oxygen atoms in total. The van der Waals surface area contributed by atoms with E-state index in [1.54, 1.807) is 4.90 Å². The van der Waals surface area contributed by atoms with Gasteiger partial charge in [-0.25, -0.2) is 0 Å². The fraction of sp³-hybridized carbons (Fsp3) is 0.545. The lowest BCUT2D eigenvalue weighted by Gasteiger charge is -2.31. The Morgan fingerprint density at radius 3 is 2.38 bits per heavy atom. The monoisotopic (exact) mass is 360 g/mol. The molecule has 0 spiro atoms. The number of aldehydes is 1. The van der Waals surface area contributed by atoms with E-state index in [2.05, 4.69) is 20.1 Å². The minimum Gasteiger partial charge on any atom is -0.344 e. The topological polar surface area (TPSA) is 40.6 Å². The molecule has 0 aromatic rings. The van der Waals surface area contributed by atoms with Gasteiger partial charge >= 0.3 is 0 Å². The molecule has 146 valence electrons. The molecule has 0 saturated carbocycles. The molecule has 0 aliphatic heterocycles. The van der Waals surface area contributed by atoms with Crippen LogP contribution >= 0.6 is 0 Å². The minimum atomic E-state index is -0.312. The molecule has 0 aliphatic rings. The smallest absolute Gasteiger partial charge is 0.239 e. The third kappa shape index (κ3) is 8.43. The molecule has 0 aromatic heterocycles. The van der Waals surface area contributed by atoms with Crippen molar-refractivity contribution in [2.75, 3.05) is 27.2 Å². The van der Waals surface area contributed by atoms with E-state index in [4.69, 9.17) is 0 Å². The summed E-state index contributed by atoms with van der Waals surface area (Å²) in [7, 11) is 3.78. The summed E-state index contributed by atoms with van der Waals surface area (Å²) in [5.41, 5.74) is 3.05. The first-order chi connectivity index (χ1) is 12.3. The van der Waals surface area contributed by atoms with Crippen LogP contribution in [-0.2, 0) is 9.59 Å². The maximum atomic E-state index is 12.9. The second-order valence-electron chi connectivity index (χ2n) is 6.75. The van der Waals surface area contributed by atoms with Crippen LogP contribution in [0.4, 0.5) is 0 Å². The zero-order valence-corrected chi connectivity index (χ0v) is 17.3. The lowest BCUT2D eigenvalue weighted by atomic mass is 10.0. The molecule has 1 amide bonds. The summed E-state index contributed by atoms with van der Waals surface area (Å²) in [6, 6.07) is -0.312. The lowest BCUT2D eigenvalue weighted by molar-refractivity contribution is -0.135. The lowest BCUT2D eigenvalue weighted by Crippen LogP contribution is -2.47. The number of allylic oxidation sites excluding steroid dienone is 4. The standard InChI is InChI=1S/C22H36N2O2/c1-8-11-14-23(6)22(26)21(13-12-15-25)24(7)17-20(10-3)19(9-2)16-18(4)5/h9-10,15-16,21H,2,4,8,11-14,17H2,1,3,5-7H3/b19-16-,20-10-. The number of amides is 1. The van der Waals surface area contributed by atoms with E-state index in [1.807, 2.05) is 51.1 Å². The molecule has 0 saturated heterocycles. The molecule has 0 fully saturated rings. The molecule has 0 aromatic carbocycles. The highest BCUT2D eigenvalue weighted by Gasteiger charge is 2.26. The van der Waals surface area contributed by atoms with Crippen molar-refractivity contribution in [3.8, 4) is 0 Å². The van der Waals surface area contributed by atoms with Crippen molar-refractivity contribution in [3.63, 3.8) is 0 Å². The third-order valence-electron chi connectivity index (χ3n) is 4.36. The Morgan fingerprint density at radius 2 is 1.92 bits per heavy atom. The quantitative estimate of drug-likeness (QED) is 0.366. The molecule has 1 atom stereocenters. The van der Waals surface area contributed by atoms with Crippen molar-refractivity contribution < 1.29 is 9.59 Å². The second kappa shape index (κ2) is 13.3. The van der Waals surface area contributed by atoms with Crippen LogP contribution < -0.4 is 0 Å². The molecule has 0 heterocycles. The molecule has 0 rings (SSSR count). The van der Waals surface area contributed by atoms with Crippen LogP contribution in [-0.4, -0.2) is 55.2 Å². The van der Waals surface area contributed by atoms with Crippen LogP contribution in [0.3, 0.4) is 0 Å². The average Bonchev–Trinajstić information content (AvgIpc) is 2.62. The van der Waals surface area contributed by atoms with Gasteiger partial charge in [-0.15, -0.1) is 0 Å². The molecule has 0 bridgehead atoms. The minimum absolute atomic E-state index is 0.0716. The Balaban J connectivity index is 5.36. The van der Waals surface area contributed by atoms with Crippen LogP contribution in [0.5, 0.6) is 0 Å². The summed E-state index contributed by atoms with van der Waals surface area (Å²) in [5.74, 6) is 0.0716. The van der Waals surface area contributed by atoms with Gasteiger partial charge in [0.1, 0.15) is 6.29 Å². The SMILES string of the molecule is C=CC(=C/C(=C)C)/C(=C\C)CN(C)C(CCC=O)C(=O)N(C)CCCC. The maximum absolute atomic E-state index is 12.9. The Labute approximate surface area is 159 Å². The van der Waals surface area contributed by atoms with Crippen molar-refractivity contribution in [1.29, 1.82) is 0 Å². The Morgan fingerprint density at radius 1 is 1.27 bits per heavy atom. The van der Waals surface area contributed by atoms with Gasteiger partial charge in [-0.1, -0.05) is 50.3 Å². The van der Waals surface area contributed by atoms with Crippen molar-refractivity contribution in [3.05, 3.63) is 48.1 Å². The number of hydrogen-bond acceptors (Lipinski definition) is 3. The van der Waals surface area contributed by atoms with Gasteiger partial charge in [0.05, 0.1) is 6.04 Å². The predicted octanol–water partition coefficient (Wildman–Crippen LogP) is 4.16. The van der Waals surface area contributed by atoms with Crippen molar-refractivity contribution >= 4 is 12.2 Å². The van der Waals surface area contributed by atoms with Crippen LogP contribution in [0.2, 0.25) is 0 Å². The number of carbonyl (C=O) groups excluding carboxylic acids is 2. The molecular formula is C22H36N2O2.